The number of carboxylic acids is 1. The molecule has 0 aromatic carbocycles. The molecule has 0 saturated heterocycles. The minimum atomic E-state index is -0.834. The number of fused-ring (bicyclic) bond motifs is 1. The molecule has 2 rings (SSSR count). The highest BCUT2D eigenvalue weighted by Gasteiger charge is 2.63. The van der Waals surface area contributed by atoms with Crippen molar-refractivity contribution in [1.82, 2.24) is 0 Å². The summed E-state index contributed by atoms with van der Waals surface area (Å²) in [6.45, 7) is 3.81. The van der Waals surface area contributed by atoms with Gasteiger partial charge in [0.2, 0.25) is 0 Å². The molecule has 3 atom stereocenters. The number of aliphatic carboxylic acids is 1. The van der Waals surface area contributed by atoms with Gasteiger partial charge in [-0.2, -0.15) is 0 Å². The molecule has 0 spiro atoms. The normalized spacial score (nSPS) is 42.1. The zero-order valence-electron chi connectivity index (χ0n) is 8.12. The van der Waals surface area contributed by atoms with Crippen LogP contribution in [0.4, 0.5) is 0 Å². The largest absolute Gasteiger partial charge is 0.479 e. The molecule has 2 aliphatic carbocycles. The zero-order valence-corrected chi connectivity index (χ0v) is 8.12. The summed E-state index contributed by atoms with van der Waals surface area (Å²) >= 11 is 0. The maximum atomic E-state index is 11.2. The molecule has 0 aromatic rings. The van der Waals surface area contributed by atoms with E-state index in [1.54, 1.807) is 0 Å². The topological polar surface area (TPSA) is 46.5 Å². The minimum absolute atomic E-state index is 0.00968. The average molecular weight is 184 g/mol. The van der Waals surface area contributed by atoms with Crippen LogP contribution in [0.3, 0.4) is 0 Å². The van der Waals surface area contributed by atoms with Crippen LogP contribution in [-0.2, 0) is 9.53 Å². The van der Waals surface area contributed by atoms with Crippen molar-refractivity contribution in [2.45, 2.75) is 44.8 Å². The second-order valence-electron chi connectivity index (χ2n) is 4.50. The van der Waals surface area contributed by atoms with Gasteiger partial charge in [0.1, 0.15) is 0 Å². The van der Waals surface area contributed by atoms with Crippen molar-refractivity contribution >= 4 is 5.97 Å². The maximum Gasteiger partial charge on any atom is 0.336 e. The first-order chi connectivity index (χ1) is 6.06. The lowest BCUT2D eigenvalue weighted by molar-refractivity contribution is -0.174. The Morgan fingerprint density at radius 3 is 2.62 bits per heavy atom. The molecule has 0 bridgehead atoms. The van der Waals surface area contributed by atoms with Gasteiger partial charge in [-0.1, -0.05) is 0 Å². The van der Waals surface area contributed by atoms with Crippen LogP contribution in [0.15, 0.2) is 0 Å². The Labute approximate surface area is 78.1 Å². The van der Waals surface area contributed by atoms with E-state index < -0.39 is 11.6 Å². The number of rotatable bonds is 3. The fraction of sp³-hybridized carbons (Fsp3) is 0.900. The monoisotopic (exact) mass is 184 g/mol. The van der Waals surface area contributed by atoms with E-state index in [0.717, 1.165) is 12.8 Å². The van der Waals surface area contributed by atoms with Crippen LogP contribution < -0.4 is 0 Å². The third-order valence-electron chi connectivity index (χ3n) is 3.22. The van der Waals surface area contributed by atoms with Gasteiger partial charge in [-0.25, -0.2) is 4.79 Å². The van der Waals surface area contributed by atoms with E-state index in [1.165, 1.54) is 0 Å². The van der Waals surface area contributed by atoms with Gasteiger partial charge in [0, 0.05) is 5.92 Å². The van der Waals surface area contributed by atoms with Crippen molar-refractivity contribution in [1.29, 1.82) is 0 Å². The van der Waals surface area contributed by atoms with E-state index >= 15 is 0 Å². The molecular formula is C10H16O3. The van der Waals surface area contributed by atoms with E-state index in [9.17, 15) is 9.90 Å². The van der Waals surface area contributed by atoms with E-state index in [0.29, 0.717) is 18.3 Å². The van der Waals surface area contributed by atoms with Gasteiger partial charge in [0.25, 0.3) is 0 Å². The Balaban J connectivity index is 2.16. The highest BCUT2D eigenvalue weighted by molar-refractivity contribution is 5.79. The summed E-state index contributed by atoms with van der Waals surface area (Å²) in [7, 11) is 0. The van der Waals surface area contributed by atoms with Crippen molar-refractivity contribution in [3.05, 3.63) is 0 Å². The molecule has 3 unspecified atom stereocenters. The van der Waals surface area contributed by atoms with Crippen molar-refractivity contribution in [2.24, 2.45) is 11.8 Å². The smallest absolute Gasteiger partial charge is 0.336 e. The van der Waals surface area contributed by atoms with E-state index in [4.69, 9.17) is 4.74 Å². The highest BCUT2D eigenvalue weighted by atomic mass is 16.5. The summed E-state index contributed by atoms with van der Waals surface area (Å²) in [5.41, 5.74) is -0.834. The van der Waals surface area contributed by atoms with Crippen molar-refractivity contribution < 1.29 is 14.6 Å². The second-order valence-corrected chi connectivity index (χ2v) is 4.50. The molecule has 74 valence electrons. The van der Waals surface area contributed by atoms with Gasteiger partial charge >= 0.3 is 5.97 Å². The lowest BCUT2D eigenvalue weighted by atomic mass is 9.97. The summed E-state index contributed by atoms with van der Waals surface area (Å²) in [4.78, 5) is 11.2. The van der Waals surface area contributed by atoms with Gasteiger partial charge in [0.05, 0.1) is 6.10 Å². The number of hydrogen-bond donors (Lipinski definition) is 1. The third-order valence-corrected chi connectivity index (χ3v) is 3.22. The molecule has 3 nitrogen and oxygen atoms in total. The number of ether oxygens (including phenoxy) is 1. The zero-order chi connectivity index (χ0) is 9.64. The number of hydrogen-bond acceptors (Lipinski definition) is 2. The van der Waals surface area contributed by atoms with Crippen LogP contribution in [0.1, 0.15) is 33.1 Å². The summed E-state index contributed by atoms with van der Waals surface area (Å²) in [5, 5.41) is 9.18. The standard InChI is InChI=1S/C10H16O3/c1-6(2)13-10(9(11)12)4-3-7-5-8(7)10/h6-8H,3-5H2,1-2H3,(H,11,12). The second kappa shape index (κ2) is 2.71. The molecule has 2 fully saturated rings. The predicted molar refractivity (Wildman–Crippen MR) is 47.4 cm³/mol. The molecule has 0 aromatic heterocycles. The fourth-order valence-corrected chi connectivity index (χ4v) is 2.61. The van der Waals surface area contributed by atoms with Crippen molar-refractivity contribution in [3.8, 4) is 0 Å². The van der Waals surface area contributed by atoms with E-state index in [2.05, 4.69) is 0 Å². The van der Waals surface area contributed by atoms with Crippen LogP contribution in [-0.4, -0.2) is 22.8 Å². The molecular weight excluding hydrogens is 168 g/mol. The molecule has 3 heteroatoms. The maximum absolute atomic E-state index is 11.2. The van der Waals surface area contributed by atoms with Gasteiger partial charge in [-0.3, -0.25) is 0 Å². The van der Waals surface area contributed by atoms with Crippen LogP contribution in [0.2, 0.25) is 0 Å². The fourth-order valence-electron chi connectivity index (χ4n) is 2.61. The van der Waals surface area contributed by atoms with Gasteiger partial charge in [-0.05, 0) is 39.0 Å². The summed E-state index contributed by atoms with van der Waals surface area (Å²) in [5.74, 6) is 0.174. The first kappa shape index (κ1) is 9.00. The predicted octanol–water partition coefficient (Wildman–Crippen LogP) is 1.66. The average Bonchev–Trinajstić information content (AvgIpc) is 2.70. The summed E-state index contributed by atoms with van der Waals surface area (Å²) in [6, 6.07) is 0. The molecule has 2 saturated carbocycles. The van der Waals surface area contributed by atoms with Crippen LogP contribution in [0.5, 0.6) is 0 Å². The first-order valence-corrected chi connectivity index (χ1v) is 4.97. The number of carboxylic acid groups (broad SMARTS) is 1. The minimum Gasteiger partial charge on any atom is -0.479 e. The van der Waals surface area contributed by atoms with Gasteiger partial charge in [0.15, 0.2) is 5.60 Å². The summed E-state index contributed by atoms with van der Waals surface area (Å²) in [6.07, 6.45) is 2.80. The van der Waals surface area contributed by atoms with Gasteiger partial charge in [-0.15, -0.1) is 0 Å². The summed E-state index contributed by atoms with van der Waals surface area (Å²) < 4.78 is 5.61. The van der Waals surface area contributed by atoms with Crippen LogP contribution >= 0.6 is 0 Å². The van der Waals surface area contributed by atoms with Crippen molar-refractivity contribution in [3.63, 3.8) is 0 Å². The molecule has 0 amide bonds. The SMILES string of the molecule is CC(C)OC1(C(=O)O)CCC2CC21. The Hall–Kier alpha value is -0.570. The van der Waals surface area contributed by atoms with Crippen LogP contribution in [0.25, 0.3) is 0 Å². The first-order valence-electron chi connectivity index (χ1n) is 4.97. The Morgan fingerprint density at radius 1 is 1.62 bits per heavy atom. The molecule has 2 aliphatic rings. The molecule has 0 aliphatic heterocycles. The lowest BCUT2D eigenvalue weighted by Gasteiger charge is -2.28. The van der Waals surface area contributed by atoms with Crippen molar-refractivity contribution in [2.75, 3.05) is 0 Å². The van der Waals surface area contributed by atoms with E-state index in [-0.39, 0.29) is 6.10 Å². The van der Waals surface area contributed by atoms with Gasteiger partial charge < -0.3 is 9.84 Å². The molecule has 0 radical (unpaired) electrons. The third kappa shape index (κ3) is 1.26. The lowest BCUT2D eigenvalue weighted by Crippen LogP contribution is -2.43. The Bertz CT molecular complexity index is 236. The molecule has 0 heterocycles. The molecule has 13 heavy (non-hydrogen) atoms. The quantitative estimate of drug-likeness (QED) is 0.725. The Kier molecular flexibility index (Phi) is 1.88. The number of carbonyl (C=O) groups is 1. The molecule has 1 N–H and O–H groups in total. The van der Waals surface area contributed by atoms with E-state index in [1.807, 2.05) is 13.8 Å². The van der Waals surface area contributed by atoms with Crippen LogP contribution in [0, 0.1) is 11.8 Å². The highest BCUT2D eigenvalue weighted by Crippen LogP contribution is 2.59. The Morgan fingerprint density at radius 2 is 2.31 bits per heavy atom.